The van der Waals surface area contributed by atoms with Gasteiger partial charge in [0, 0.05) is 23.2 Å². The van der Waals surface area contributed by atoms with Crippen molar-refractivity contribution in [1.29, 1.82) is 0 Å². The maximum Gasteiger partial charge on any atom is 0.344 e. The molecule has 2 aromatic carbocycles. The zero-order valence-electron chi connectivity index (χ0n) is 22.2. The fourth-order valence-electron chi connectivity index (χ4n) is 3.47. The third-order valence-electron chi connectivity index (χ3n) is 5.19. The van der Waals surface area contributed by atoms with Crippen LogP contribution in [0, 0.1) is 0 Å². The van der Waals surface area contributed by atoms with Gasteiger partial charge < -0.3 is 30.0 Å². The lowest BCUT2D eigenvalue weighted by atomic mass is 10.0. The third-order valence-corrected chi connectivity index (χ3v) is 5.94. The van der Waals surface area contributed by atoms with Gasteiger partial charge in [0.1, 0.15) is 17.0 Å². The van der Waals surface area contributed by atoms with E-state index >= 15 is 0 Å². The molecule has 3 rings (SSSR count). The summed E-state index contributed by atoms with van der Waals surface area (Å²) in [6.07, 6.45) is -0.390. The number of urea groups is 1. The first-order valence-corrected chi connectivity index (χ1v) is 13.3. The van der Waals surface area contributed by atoms with E-state index < -0.39 is 48.4 Å². The summed E-state index contributed by atoms with van der Waals surface area (Å²) >= 11 is 1.02. The monoisotopic (exact) mass is 584 g/mol. The van der Waals surface area contributed by atoms with Crippen molar-refractivity contribution in [3.8, 4) is 5.75 Å². The lowest BCUT2D eigenvalue weighted by Crippen LogP contribution is -2.28. The van der Waals surface area contributed by atoms with E-state index in [1.807, 2.05) is 30.3 Å². The van der Waals surface area contributed by atoms with Gasteiger partial charge in [-0.15, -0.1) is 11.3 Å². The molecule has 3 amide bonds. The second-order valence-electron chi connectivity index (χ2n) is 8.18. The van der Waals surface area contributed by atoms with Gasteiger partial charge in [-0.3, -0.25) is 14.9 Å². The molecule has 0 bridgehead atoms. The van der Waals surface area contributed by atoms with Crippen LogP contribution in [0.25, 0.3) is 0 Å². The first-order chi connectivity index (χ1) is 19.7. The number of rotatable bonds is 13. The van der Waals surface area contributed by atoms with E-state index in [0.717, 1.165) is 23.0 Å². The number of nitrogens with one attached hydrogen (secondary N) is 3. The minimum absolute atomic E-state index is 0.0262. The highest BCUT2D eigenvalue weighted by molar-refractivity contribution is 7.14. The number of hydrogen-bond acceptors (Lipinski definition) is 10. The number of aromatic carboxylic acids is 1. The molecule has 1 heterocycles. The minimum atomic E-state index is -1.42. The largest absolute Gasteiger partial charge is 0.481 e. The lowest BCUT2D eigenvalue weighted by molar-refractivity contribution is -0.145. The van der Waals surface area contributed by atoms with Crippen molar-refractivity contribution in [2.75, 3.05) is 30.5 Å². The highest BCUT2D eigenvalue weighted by atomic mass is 32.1. The van der Waals surface area contributed by atoms with Crippen LogP contribution in [0.2, 0.25) is 0 Å². The summed E-state index contributed by atoms with van der Waals surface area (Å²) in [6, 6.07) is 11.2. The molecule has 0 aliphatic rings. The van der Waals surface area contributed by atoms with Gasteiger partial charge in [-0.1, -0.05) is 30.3 Å². The minimum Gasteiger partial charge on any atom is -0.481 e. The van der Waals surface area contributed by atoms with E-state index in [-0.39, 0.29) is 41.0 Å². The topological polar surface area (TPSA) is 182 Å². The summed E-state index contributed by atoms with van der Waals surface area (Å²) in [4.78, 5) is 65.2. The zero-order valence-corrected chi connectivity index (χ0v) is 23.0. The van der Waals surface area contributed by atoms with Crippen LogP contribution in [-0.2, 0) is 32.0 Å². The van der Waals surface area contributed by atoms with E-state index in [9.17, 15) is 29.1 Å². The number of carbonyl (C=O) groups is 5. The normalized spacial score (nSPS) is 10.3. The molecule has 14 heteroatoms. The number of esters is 2. The Hall–Kier alpha value is -4.98. The van der Waals surface area contributed by atoms with Gasteiger partial charge >= 0.3 is 23.9 Å². The van der Waals surface area contributed by atoms with E-state index in [1.165, 1.54) is 11.4 Å². The number of carbonyl (C=O) groups excluding carboxylic acids is 4. The fraction of sp³-hybridized carbons (Fsp3) is 0.259. The highest BCUT2D eigenvalue weighted by Gasteiger charge is 2.23. The summed E-state index contributed by atoms with van der Waals surface area (Å²) in [5.74, 6) is -3.76. The van der Waals surface area contributed by atoms with Crippen molar-refractivity contribution >= 4 is 52.0 Å². The molecule has 41 heavy (non-hydrogen) atoms. The molecule has 1 aromatic heterocycles. The van der Waals surface area contributed by atoms with E-state index in [1.54, 1.807) is 13.8 Å². The van der Waals surface area contributed by atoms with Crippen LogP contribution in [0.3, 0.4) is 0 Å². The Morgan fingerprint density at radius 2 is 1.66 bits per heavy atom. The summed E-state index contributed by atoms with van der Waals surface area (Å²) in [5.41, 5.74) is 0.557. The molecule has 0 saturated carbocycles. The average Bonchev–Trinajstić information content (AvgIpc) is 3.40. The summed E-state index contributed by atoms with van der Waals surface area (Å²) in [5, 5.41) is 19.1. The first kappa shape index (κ1) is 30.6. The molecule has 13 nitrogen and oxygen atoms in total. The number of carboxylic acid groups (broad SMARTS) is 1. The molecular formula is C27H28N4O9S. The van der Waals surface area contributed by atoms with Crippen LogP contribution in [-0.4, -0.2) is 59.8 Å². The van der Waals surface area contributed by atoms with Crippen molar-refractivity contribution in [1.82, 2.24) is 10.3 Å². The van der Waals surface area contributed by atoms with Crippen LogP contribution in [0.1, 0.15) is 45.8 Å². The average molecular weight is 585 g/mol. The molecule has 0 spiro atoms. The summed E-state index contributed by atoms with van der Waals surface area (Å²) < 4.78 is 15.2. The first-order valence-electron chi connectivity index (χ1n) is 12.4. The van der Waals surface area contributed by atoms with Crippen LogP contribution in [0.5, 0.6) is 5.75 Å². The van der Waals surface area contributed by atoms with Gasteiger partial charge in [-0.2, -0.15) is 0 Å². The molecule has 0 aliphatic carbocycles. The molecule has 0 radical (unpaired) electrons. The van der Waals surface area contributed by atoms with Crippen LogP contribution >= 0.6 is 11.3 Å². The third kappa shape index (κ3) is 9.32. The van der Waals surface area contributed by atoms with Crippen molar-refractivity contribution < 1.29 is 43.3 Å². The van der Waals surface area contributed by atoms with Crippen LogP contribution < -0.4 is 20.7 Å². The Labute approximate surface area is 238 Å². The van der Waals surface area contributed by atoms with Crippen molar-refractivity contribution in [3.05, 3.63) is 70.2 Å². The van der Waals surface area contributed by atoms with E-state index in [2.05, 4.69) is 20.9 Å². The number of hydrogen-bond donors (Lipinski definition) is 4. The predicted molar refractivity (Wildman–Crippen MR) is 148 cm³/mol. The molecule has 0 unspecified atom stereocenters. The smallest absolute Gasteiger partial charge is 0.344 e. The maximum atomic E-state index is 12.9. The molecule has 0 atom stereocenters. The van der Waals surface area contributed by atoms with Gasteiger partial charge in [0.25, 0.3) is 5.91 Å². The molecule has 216 valence electrons. The number of ether oxygens (including phenoxy) is 3. The number of aromatic nitrogens is 1. The fourth-order valence-corrected chi connectivity index (χ4v) is 4.16. The Bertz CT molecular complexity index is 1410. The summed E-state index contributed by atoms with van der Waals surface area (Å²) in [6.45, 7) is 3.10. The number of amides is 3. The SMILES string of the molecule is CCOC(=O)COc1c(CC(=O)OCC)cc(NC(=O)c2csc(NC(=O)NCc3ccccc3)n2)cc1C(=O)O. The van der Waals surface area contributed by atoms with Crippen molar-refractivity contribution in [3.63, 3.8) is 0 Å². The van der Waals surface area contributed by atoms with Gasteiger partial charge in [0.2, 0.25) is 0 Å². The van der Waals surface area contributed by atoms with Crippen LogP contribution in [0.4, 0.5) is 15.6 Å². The number of anilines is 2. The highest BCUT2D eigenvalue weighted by Crippen LogP contribution is 2.30. The number of thiazole rings is 1. The molecule has 0 saturated heterocycles. The molecular weight excluding hydrogens is 556 g/mol. The number of carboxylic acids is 1. The number of benzene rings is 2. The van der Waals surface area contributed by atoms with Gasteiger partial charge in [0.15, 0.2) is 11.7 Å². The molecule has 0 fully saturated rings. The predicted octanol–water partition coefficient (Wildman–Crippen LogP) is 3.46. The quantitative estimate of drug-likeness (QED) is 0.217. The van der Waals surface area contributed by atoms with Crippen molar-refractivity contribution in [2.24, 2.45) is 0 Å². The zero-order chi connectivity index (χ0) is 29.8. The van der Waals surface area contributed by atoms with Gasteiger partial charge in [-0.25, -0.2) is 19.4 Å². The standard InChI is InChI=1S/C27H28N4O9S/c1-3-38-21(32)11-17-10-18(12-19(25(35)36)23(17)40-14-22(33)39-4-2)29-24(34)20-15-41-27(30-20)31-26(37)28-13-16-8-6-5-7-9-16/h5-10,12,15H,3-4,11,13-14H2,1-2H3,(H,29,34)(H,35,36)(H2,28,30,31,37). The Morgan fingerprint density at radius 3 is 2.34 bits per heavy atom. The molecule has 0 aliphatic heterocycles. The van der Waals surface area contributed by atoms with E-state index in [0.29, 0.717) is 6.54 Å². The lowest BCUT2D eigenvalue weighted by Gasteiger charge is -2.16. The second kappa shape index (κ2) is 15.0. The van der Waals surface area contributed by atoms with E-state index in [4.69, 9.17) is 14.2 Å². The Kier molecular flexibility index (Phi) is 11.2. The Balaban J connectivity index is 1.75. The number of nitrogens with zero attached hydrogens (tertiary/aromatic N) is 1. The maximum absolute atomic E-state index is 12.9. The summed E-state index contributed by atoms with van der Waals surface area (Å²) in [7, 11) is 0. The molecule has 3 aromatic rings. The van der Waals surface area contributed by atoms with Crippen molar-refractivity contribution in [2.45, 2.75) is 26.8 Å². The van der Waals surface area contributed by atoms with Crippen LogP contribution in [0.15, 0.2) is 47.8 Å². The van der Waals surface area contributed by atoms with Gasteiger partial charge in [0.05, 0.1) is 19.6 Å². The molecule has 4 N–H and O–H groups in total. The van der Waals surface area contributed by atoms with Gasteiger partial charge in [-0.05, 0) is 31.5 Å². The Morgan fingerprint density at radius 1 is 0.951 bits per heavy atom. The second-order valence-corrected chi connectivity index (χ2v) is 9.04.